The minimum Gasteiger partial charge on any atom is -0.497 e. The SMILES string of the molecule is COc1ccc(CN(Cc2ccc(N(C)C)cc2)C(=O)CN2CCN(CC(=O)N(Cc3ccc(OC)cc3)Cc3ccc(N(C)C)cc3)C(=O)C2)cc1. The Labute approximate surface area is 313 Å². The first-order valence-corrected chi connectivity index (χ1v) is 17.9. The van der Waals surface area contributed by atoms with Gasteiger partial charge in [-0.2, -0.15) is 0 Å². The number of anilines is 2. The number of methoxy groups -OCH3 is 2. The van der Waals surface area contributed by atoms with Gasteiger partial charge < -0.3 is 34.0 Å². The van der Waals surface area contributed by atoms with Crippen LogP contribution in [0.5, 0.6) is 11.5 Å². The van der Waals surface area contributed by atoms with Crippen molar-refractivity contribution < 1.29 is 23.9 Å². The molecule has 53 heavy (non-hydrogen) atoms. The fraction of sp³-hybridized carbons (Fsp3) is 0.357. The Balaban J connectivity index is 1.23. The Morgan fingerprint density at radius 3 is 1.25 bits per heavy atom. The van der Waals surface area contributed by atoms with Crippen molar-refractivity contribution in [3.8, 4) is 11.5 Å². The Bertz CT molecular complexity index is 1790. The van der Waals surface area contributed by atoms with E-state index in [9.17, 15) is 14.4 Å². The van der Waals surface area contributed by atoms with Crippen molar-refractivity contribution >= 4 is 29.1 Å². The number of amides is 3. The van der Waals surface area contributed by atoms with Crippen molar-refractivity contribution in [1.29, 1.82) is 0 Å². The molecule has 0 aromatic heterocycles. The number of carbonyl (C=O) groups excluding carboxylic acids is 3. The van der Waals surface area contributed by atoms with Gasteiger partial charge in [-0.3, -0.25) is 19.3 Å². The summed E-state index contributed by atoms with van der Waals surface area (Å²) in [5.74, 6) is 1.12. The Morgan fingerprint density at radius 1 is 0.547 bits per heavy atom. The summed E-state index contributed by atoms with van der Waals surface area (Å²) in [5.41, 5.74) is 6.12. The summed E-state index contributed by atoms with van der Waals surface area (Å²) in [6, 6.07) is 31.7. The van der Waals surface area contributed by atoms with E-state index in [1.165, 1.54) is 0 Å². The van der Waals surface area contributed by atoms with Crippen LogP contribution in [-0.2, 0) is 40.6 Å². The fourth-order valence-corrected chi connectivity index (χ4v) is 6.22. The van der Waals surface area contributed by atoms with Gasteiger partial charge in [-0.05, 0) is 70.8 Å². The van der Waals surface area contributed by atoms with E-state index in [4.69, 9.17) is 9.47 Å². The maximum atomic E-state index is 13.9. The molecule has 11 nitrogen and oxygen atoms in total. The van der Waals surface area contributed by atoms with Crippen molar-refractivity contribution in [2.75, 3.05) is 84.9 Å². The average Bonchev–Trinajstić information content (AvgIpc) is 3.16. The molecular formula is C42H52N6O5. The number of ether oxygens (including phenoxy) is 2. The lowest BCUT2D eigenvalue weighted by molar-refractivity contribution is -0.145. The molecule has 5 rings (SSSR count). The molecule has 0 bridgehead atoms. The maximum absolute atomic E-state index is 13.9. The largest absolute Gasteiger partial charge is 0.497 e. The normalized spacial score (nSPS) is 13.0. The second-order valence-corrected chi connectivity index (χ2v) is 13.8. The summed E-state index contributed by atoms with van der Waals surface area (Å²) < 4.78 is 10.6. The smallest absolute Gasteiger partial charge is 0.242 e. The summed E-state index contributed by atoms with van der Waals surface area (Å²) in [6.45, 7) is 2.64. The highest BCUT2D eigenvalue weighted by Gasteiger charge is 2.29. The topological polar surface area (TPSA) is 89.1 Å². The van der Waals surface area contributed by atoms with Crippen LogP contribution in [0, 0.1) is 0 Å². The number of hydrogen-bond donors (Lipinski definition) is 0. The molecule has 1 aliphatic rings. The molecule has 0 aliphatic carbocycles. The predicted octanol–water partition coefficient (Wildman–Crippen LogP) is 4.74. The van der Waals surface area contributed by atoms with Crippen molar-refractivity contribution in [3.05, 3.63) is 119 Å². The van der Waals surface area contributed by atoms with Crippen molar-refractivity contribution in [2.45, 2.75) is 26.2 Å². The van der Waals surface area contributed by atoms with Crippen LogP contribution >= 0.6 is 0 Å². The Hall–Kier alpha value is -5.55. The van der Waals surface area contributed by atoms with Crippen LogP contribution < -0.4 is 19.3 Å². The van der Waals surface area contributed by atoms with Crippen LogP contribution in [0.1, 0.15) is 22.3 Å². The van der Waals surface area contributed by atoms with Gasteiger partial charge in [-0.1, -0.05) is 48.5 Å². The zero-order valence-corrected chi connectivity index (χ0v) is 31.8. The van der Waals surface area contributed by atoms with Gasteiger partial charge in [0.15, 0.2) is 0 Å². The second kappa shape index (κ2) is 18.3. The summed E-state index contributed by atoms with van der Waals surface area (Å²) in [6.07, 6.45) is 0. The van der Waals surface area contributed by atoms with Crippen molar-refractivity contribution in [2.24, 2.45) is 0 Å². The molecule has 0 saturated carbocycles. The van der Waals surface area contributed by atoms with Crippen LogP contribution in [0.2, 0.25) is 0 Å². The molecule has 0 unspecified atom stereocenters. The van der Waals surface area contributed by atoms with E-state index in [0.29, 0.717) is 39.3 Å². The van der Waals surface area contributed by atoms with Crippen LogP contribution in [0.25, 0.3) is 0 Å². The lowest BCUT2D eigenvalue weighted by atomic mass is 10.1. The molecule has 280 valence electrons. The molecule has 0 N–H and O–H groups in total. The first-order chi connectivity index (χ1) is 25.5. The summed E-state index contributed by atoms with van der Waals surface area (Å²) in [7, 11) is 11.2. The Kier molecular flexibility index (Phi) is 13.3. The summed E-state index contributed by atoms with van der Waals surface area (Å²) in [5, 5.41) is 0. The highest BCUT2D eigenvalue weighted by Crippen LogP contribution is 2.20. The van der Waals surface area contributed by atoms with Crippen LogP contribution in [0.3, 0.4) is 0 Å². The molecule has 0 radical (unpaired) electrons. The Morgan fingerprint density at radius 2 is 0.906 bits per heavy atom. The summed E-state index contributed by atoms with van der Waals surface area (Å²) >= 11 is 0. The average molecular weight is 721 g/mol. The first-order valence-electron chi connectivity index (χ1n) is 17.9. The predicted molar refractivity (Wildman–Crippen MR) is 209 cm³/mol. The number of benzene rings is 4. The molecule has 0 atom stereocenters. The minimum atomic E-state index is -0.168. The van der Waals surface area contributed by atoms with E-state index in [0.717, 1.165) is 45.1 Å². The zero-order chi connectivity index (χ0) is 37.9. The molecule has 1 saturated heterocycles. The quantitative estimate of drug-likeness (QED) is 0.164. The number of hydrogen-bond acceptors (Lipinski definition) is 8. The third kappa shape index (κ3) is 11.0. The van der Waals surface area contributed by atoms with Gasteiger partial charge in [0.25, 0.3) is 0 Å². The van der Waals surface area contributed by atoms with Gasteiger partial charge >= 0.3 is 0 Å². The first kappa shape index (κ1) is 38.7. The standard InChI is InChI=1S/C42H52N6O5/c1-43(2)36-15-7-32(8-16-36)25-47(27-34-11-19-38(52-5)20-12-34)41(50)30-45-23-24-46(40(49)29-45)31-42(51)48(28-35-13-21-39(53-6)22-14-35)26-33-9-17-37(18-10-33)44(3)4/h7-22H,23-31H2,1-6H3. The van der Waals surface area contributed by atoms with Gasteiger partial charge in [-0.15, -0.1) is 0 Å². The molecule has 4 aromatic carbocycles. The van der Waals surface area contributed by atoms with Gasteiger partial charge in [0.05, 0.1) is 33.9 Å². The molecule has 4 aromatic rings. The summed E-state index contributed by atoms with van der Waals surface area (Å²) in [4.78, 5) is 52.4. The molecule has 1 aliphatic heterocycles. The van der Waals surface area contributed by atoms with E-state index < -0.39 is 0 Å². The van der Waals surface area contributed by atoms with Gasteiger partial charge in [0.1, 0.15) is 11.5 Å². The number of nitrogens with zero attached hydrogens (tertiary/aromatic N) is 6. The lowest BCUT2D eigenvalue weighted by Crippen LogP contribution is -2.55. The molecular weight excluding hydrogens is 668 g/mol. The molecule has 3 amide bonds. The van der Waals surface area contributed by atoms with Crippen LogP contribution in [0.4, 0.5) is 11.4 Å². The number of carbonyl (C=O) groups is 3. The maximum Gasteiger partial charge on any atom is 0.242 e. The van der Waals surface area contributed by atoms with Gasteiger partial charge in [0.2, 0.25) is 17.7 Å². The molecule has 1 fully saturated rings. The van der Waals surface area contributed by atoms with E-state index >= 15 is 0 Å². The van der Waals surface area contributed by atoms with E-state index in [1.54, 1.807) is 24.0 Å². The third-order valence-electron chi connectivity index (χ3n) is 9.51. The van der Waals surface area contributed by atoms with E-state index in [2.05, 4.69) is 0 Å². The minimum absolute atomic E-state index is 0.0287. The van der Waals surface area contributed by atoms with E-state index in [-0.39, 0.29) is 37.4 Å². The van der Waals surface area contributed by atoms with Crippen LogP contribution in [0.15, 0.2) is 97.1 Å². The van der Waals surface area contributed by atoms with Crippen molar-refractivity contribution in [1.82, 2.24) is 19.6 Å². The van der Waals surface area contributed by atoms with E-state index in [1.807, 2.05) is 145 Å². The second-order valence-electron chi connectivity index (χ2n) is 13.8. The zero-order valence-electron chi connectivity index (χ0n) is 31.8. The lowest BCUT2D eigenvalue weighted by Gasteiger charge is -2.36. The highest BCUT2D eigenvalue weighted by atomic mass is 16.5. The number of piperazine rings is 1. The molecule has 11 heteroatoms. The number of rotatable bonds is 16. The monoisotopic (exact) mass is 720 g/mol. The van der Waals surface area contributed by atoms with Crippen LogP contribution in [-0.4, -0.2) is 112 Å². The molecule has 1 heterocycles. The van der Waals surface area contributed by atoms with Crippen molar-refractivity contribution in [3.63, 3.8) is 0 Å². The third-order valence-corrected chi connectivity index (χ3v) is 9.51. The van der Waals surface area contributed by atoms with Gasteiger partial charge in [0, 0.05) is 78.8 Å². The fourth-order valence-electron chi connectivity index (χ4n) is 6.22. The van der Waals surface area contributed by atoms with Gasteiger partial charge in [-0.25, -0.2) is 0 Å². The highest BCUT2D eigenvalue weighted by molar-refractivity contribution is 5.87. The molecule has 0 spiro atoms.